The first-order valence-electron chi connectivity index (χ1n) is 5.99. The summed E-state index contributed by atoms with van der Waals surface area (Å²) in [6, 6.07) is 0.370. The van der Waals surface area contributed by atoms with E-state index in [2.05, 4.69) is 27.3 Å². The number of hydrogen-bond donors (Lipinski definition) is 3. The van der Waals surface area contributed by atoms with E-state index >= 15 is 0 Å². The molecule has 1 aliphatic heterocycles. The molecule has 1 aromatic heterocycles. The molecular weight excluding hydrogens is 218 g/mol. The van der Waals surface area contributed by atoms with Crippen LogP contribution in [0.3, 0.4) is 0 Å². The summed E-state index contributed by atoms with van der Waals surface area (Å²) < 4.78 is 0. The highest BCUT2D eigenvalue weighted by Gasteiger charge is 2.19. The van der Waals surface area contributed by atoms with Crippen LogP contribution >= 0.6 is 0 Å². The summed E-state index contributed by atoms with van der Waals surface area (Å²) in [5, 5.41) is 9.16. The fourth-order valence-electron chi connectivity index (χ4n) is 2.12. The van der Waals surface area contributed by atoms with Gasteiger partial charge in [-0.25, -0.2) is 0 Å². The third kappa shape index (κ3) is 2.76. The standard InChI is InChI=1S/C11H19N5O/c1-8(16-4-2-3-5-16)6-13-11(17)9-7-14-15-10(9)12/h7-8H,2-6H2,1H3,(H,13,17)(H3,12,14,15). The van der Waals surface area contributed by atoms with Crippen LogP contribution in [0.4, 0.5) is 5.82 Å². The number of aromatic nitrogens is 2. The Morgan fingerprint density at radius 3 is 2.94 bits per heavy atom. The lowest BCUT2D eigenvalue weighted by atomic mass is 10.2. The minimum Gasteiger partial charge on any atom is -0.383 e. The van der Waals surface area contributed by atoms with Gasteiger partial charge in [0, 0.05) is 12.6 Å². The minimum absolute atomic E-state index is 0.165. The maximum Gasteiger partial charge on any atom is 0.256 e. The SMILES string of the molecule is CC(CNC(=O)c1cn[nH]c1N)N1CCCC1. The number of carbonyl (C=O) groups is 1. The molecule has 0 bridgehead atoms. The average molecular weight is 237 g/mol. The van der Waals surface area contributed by atoms with Crippen molar-refractivity contribution in [3.8, 4) is 0 Å². The predicted molar refractivity (Wildman–Crippen MR) is 65.6 cm³/mol. The number of likely N-dealkylation sites (tertiary alicyclic amines) is 1. The van der Waals surface area contributed by atoms with Crippen LogP contribution < -0.4 is 11.1 Å². The van der Waals surface area contributed by atoms with Crippen molar-refractivity contribution in [2.75, 3.05) is 25.4 Å². The summed E-state index contributed by atoms with van der Waals surface area (Å²) >= 11 is 0. The Labute approximate surface area is 101 Å². The van der Waals surface area contributed by atoms with Gasteiger partial charge < -0.3 is 11.1 Å². The van der Waals surface area contributed by atoms with Crippen LogP contribution in [0.1, 0.15) is 30.1 Å². The summed E-state index contributed by atoms with van der Waals surface area (Å²) in [6.45, 7) is 5.03. The van der Waals surface area contributed by atoms with Crippen LogP contribution in [0.2, 0.25) is 0 Å². The van der Waals surface area contributed by atoms with Crippen molar-refractivity contribution in [2.45, 2.75) is 25.8 Å². The quantitative estimate of drug-likeness (QED) is 0.698. The Hall–Kier alpha value is -1.56. The third-order valence-corrected chi connectivity index (χ3v) is 3.24. The van der Waals surface area contributed by atoms with E-state index in [0.29, 0.717) is 24.0 Å². The lowest BCUT2D eigenvalue weighted by Crippen LogP contribution is -2.40. The highest BCUT2D eigenvalue weighted by Crippen LogP contribution is 2.11. The smallest absolute Gasteiger partial charge is 0.256 e. The first-order chi connectivity index (χ1) is 8.18. The molecule has 17 heavy (non-hydrogen) atoms. The van der Waals surface area contributed by atoms with Crippen molar-refractivity contribution in [1.82, 2.24) is 20.4 Å². The second-order valence-electron chi connectivity index (χ2n) is 4.50. The number of rotatable bonds is 4. The molecule has 0 aromatic carbocycles. The third-order valence-electron chi connectivity index (χ3n) is 3.24. The monoisotopic (exact) mass is 237 g/mol. The second-order valence-corrected chi connectivity index (χ2v) is 4.50. The van der Waals surface area contributed by atoms with Crippen LogP contribution in [0, 0.1) is 0 Å². The maximum atomic E-state index is 11.8. The summed E-state index contributed by atoms with van der Waals surface area (Å²) in [5.41, 5.74) is 6.00. The van der Waals surface area contributed by atoms with Crippen LogP contribution in [-0.4, -0.2) is 46.7 Å². The molecule has 94 valence electrons. The number of nitrogens with zero attached hydrogens (tertiary/aromatic N) is 2. The lowest BCUT2D eigenvalue weighted by molar-refractivity contribution is 0.0941. The molecule has 1 atom stereocenters. The fraction of sp³-hybridized carbons (Fsp3) is 0.636. The number of aromatic amines is 1. The molecule has 1 fully saturated rings. The number of carbonyl (C=O) groups excluding carboxylic acids is 1. The largest absolute Gasteiger partial charge is 0.383 e. The summed E-state index contributed by atoms with van der Waals surface area (Å²) in [5.74, 6) is 0.152. The topological polar surface area (TPSA) is 87.0 Å². The summed E-state index contributed by atoms with van der Waals surface area (Å²) in [4.78, 5) is 14.2. The van der Waals surface area contributed by atoms with E-state index in [1.54, 1.807) is 0 Å². The molecule has 0 spiro atoms. The number of nitrogen functional groups attached to an aromatic ring is 1. The lowest BCUT2D eigenvalue weighted by Gasteiger charge is -2.23. The molecule has 0 radical (unpaired) electrons. The molecule has 0 aliphatic carbocycles. The molecule has 1 saturated heterocycles. The average Bonchev–Trinajstić information content (AvgIpc) is 2.95. The number of hydrogen-bond acceptors (Lipinski definition) is 4. The number of H-pyrrole nitrogens is 1. The highest BCUT2D eigenvalue weighted by molar-refractivity contribution is 5.98. The normalized spacial score (nSPS) is 18.2. The minimum atomic E-state index is -0.165. The van der Waals surface area contributed by atoms with E-state index in [0.717, 1.165) is 13.1 Å². The van der Waals surface area contributed by atoms with Crippen molar-refractivity contribution in [3.63, 3.8) is 0 Å². The first kappa shape index (κ1) is 11.9. The van der Waals surface area contributed by atoms with Crippen LogP contribution in [-0.2, 0) is 0 Å². The van der Waals surface area contributed by atoms with Gasteiger partial charge in [0.1, 0.15) is 11.4 Å². The van der Waals surface area contributed by atoms with Gasteiger partial charge in [-0.2, -0.15) is 5.10 Å². The van der Waals surface area contributed by atoms with Crippen molar-refractivity contribution in [1.29, 1.82) is 0 Å². The van der Waals surface area contributed by atoms with Crippen molar-refractivity contribution < 1.29 is 4.79 Å². The zero-order chi connectivity index (χ0) is 12.3. The van der Waals surface area contributed by atoms with Gasteiger partial charge in [-0.05, 0) is 32.9 Å². The van der Waals surface area contributed by atoms with E-state index in [-0.39, 0.29) is 5.91 Å². The van der Waals surface area contributed by atoms with Gasteiger partial charge in [-0.1, -0.05) is 0 Å². The Morgan fingerprint density at radius 1 is 1.65 bits per heavy atom. The van der Waals surface area contributed by atoms with Gasteiger partial charge >= 0.3 is 0 Å². The van der Waals surface area contributed by atoms with Gasteiger partial charge in [0.15, 0.2) is 0 Å². The van der Waals surface area contributed by atoms with Gasteiger partial charge in [-0.3, -0.25) is 14.8 Å². The van der Waals surface area contributed by atoms with Crippen molar-refractivity contribution in [2.24, 2.45) is 0 Å². The molecule has 1 aliphatic rings. The number of nitrogens with one attached hydrogen (secondary N) is 2. The molecule has 2 rings (SSSR count). The van der Waals surface area contributed by atoms with E-state index in [1.807, 2.05) is 0 Å². The fourth-order valence-corrected chi connectivity index (χ4v) is 2.12. The molecule has 2 heterocycles. The molecular formula is C11H19N5O. The predicted octanol–water partition coefficient (Wildman–Crippen LogP) is 0.206. The Balaban J connectivity index is 1.82. The number of anilines is 1. The van der Waals surface area contributed by atoms with E-state index < -0.39 is 0 Å². The van der Waals surface area contributed by atoms with E-state index in [9.17, 15) is 4.79 Å². The van der Waals surface area contributed by atoms with Crippen molar-refractivity contribution in [3.05, 3.63) is 11.8 Å². The Bertz CT molecular complexity index is 383. The number of amides is 1. The molecule has 1 unspecified atom stereocenters. The molecule has 1 aromatic rings. The van der Waals surface area contributed by atoms with Gasteiger partial charge in [0.2, 0.25) is 0 Å². The molecule has 6 nitrogen and oxygen atoms in total. The van der Waals surface area contributed by atoms with Gasteiger partial charge in [-0.15, -0.1) is 0 Å². The molecule has 1 amide bonds. The first-order valence-corrected chi connectivity index (χ1v) is 5.99. The number of nitrogens with two attached hydrogens (primary N) is 1. The van der Waals surface area contributed by atoms with Crippen molar-refractivity contribution >= 4 is 11.7 Å². The van der Waals surface area contributed by atoms with Crippen LogP contribution in [0.15, 0.2) is 6.20 Å². The Kier molecular flexibility index (Phi) is 3.63. The van der Waals surface area contributed by atoms with E-state index in [1.165, 1.54) is 19.0 Å². The summed E-state index contributed by atoms with van der Waals surface area (Å²) in [6.07, 6.45) is 3.96. The Morgan fingerprint density at radius 2 is 2.35 bits per heavy atom. The van der Waals surface area contributed by atoms with E-state index in [4.69, 9.17) is 5.73 Å². The van der Waals surface area contributed by atoms with Crippen LogP contribution in [0.25, 0.3) is 0 Å². The van der Waals surface area contributed by atoms with Gasteiger partial charge in [0.25, 0.3) is 5.91 Å². The maximum absolute atomic E-state index is 11.8. The van der Waals surface area contributed by atoms with Crippen LogP contribution in [0.5, 0.6) is 0 Å². The zero-order valence-corrected chi connectivity index (χ0v) is 10.1. The van der Waals surface area contributed by atoms with Gasteiger partial charge in [0.05, 0.1) is 6.20 Å². The molecule has 0 saturated carbocycles. The molecule has 4 N–H and O–H groups in total. The molecule has 6 heteroatoms. The zero-order valence-electron chi connectivity index (χ0n) is 10.1. The summed E-state index contributed by atoms with van der Waals surface area (Å²) in [7, 11) is 0. The highest BCUT2D eigenvalue weighted by atomic mass is 16.1. The second kappa shape index (κ2) is 5.18.